The molecular formula is C11H13N5O. The van der Waals surface area contributed by atoms with Gasteiger partial charge >= 0.3 is 6.03 Å². The number of aromatic nitrogens is 3. The van der Waals surface area contributed by atoms with Crippen LogP contribution in [0.5, 0.6) is 0 Å². The van der Waals surface area contributed by atoms with Gasteiger partial charge in [-0.05, 0) is 26.0 Å². The lowest BCUT2D eigenvalue weighted by Crippen LogP contribution is -2.20. The summed E-state index contributed by atoms with van der Waals surface area (Å²) < 4.78 is 0. The molecule has 17 heavy (non-hydrogen) atoms. The van der Waals surface area contributed by atoms with Crippen LogP contribution in [0.25, 0.3) is 0 Å². The minimum Gasteiger partial charge on any atom is -0.308 e. The molecule has 2 rings (SSSR count). The molecule has 88 valence electrons. The van der Waals surface area contributed by atoms with Gasteiger partial charge in [-0.15, -0.1) is 5.10 Å². The molecule has 0 aliphatic carbocycles. The van der Waals surface area contributed by atoms with E-state index in [1.165, 1.54) is 0 Å². The number of hydrogen-bond acceptors (Lipinski definition) is 3. The van der Waals surface area contributed by atoms with Gasteiger partial charge in [-0.2, -0.15) is 4.98 Å². The molecule has 6 heteroatoms. The number of carbonyl (C=O) groups excluding carboxylic acids is 1. The fourth-order valence-corrected chi connectivity index (χ4v) is 1.30. The van der Waals surface area contributed by atoms with E-state index in [0.717, 1.165) is 11.3 Å². The molecular weight excluding hydrogens is 218 g/mol. The Morgan fingerprint density at radius 3 is 2.47 bits per heavy atom. The van der Waals surface area contributed by atoms with E-state index < -0.39 is 0 Å². The van der Waals surface area contributed by atoms with Crippen LogP contribution < -0.4 is 10.6 Å². The number of carbonyl (C=O) groups is 1. The van der Waals surface area contributed by atoms with Crippen molar-refractivity contribution in [2.24, 2.45) is 0 Å². The van der Waals surface area contributed by atoms with Gasteiger partial charge in [-0.25, -0.2) is 4.79 Å². The SMILES string of the molecule is Cc1ccc(NC(=O)Nc2n[nH]c(C)n2)cc1. The number of benzene rings is 1. The average molecular weight is 231 g/mol. The molecule has 1 heterocycles. The Balaban J connectivity index is 1.95. The van der Waals surface area contributed by atoms with Gasteiger partial charge < -0.3 is 5.32 Å². The van der Waals surface area contributed by atoms with Gasteiger partial charge in [0.15, 0.2) is 0 Å². The first-order valence-electron chi connectivity index (χ1n) is 5.17. The summed E-state index contributed by atoms with van der Waals surface area (Å²) in [7, 11) is 0. The maximum atomic E-state index is 11.6. The lowest BCUT2D eigenvalue weighted by Gasteiger charge is -2.04. The molecule has 1 aromatic heterocycles. The number of aromatic amines is 1. The molecule has 6 nitrogen and oxygen atoms in total. The van der Waals surface area contributed by atoms with Gasteiger partial charge in [0.05, 0.1) is 0 Å². The van der Waals surface area contributed by atoms with Gasteiger partial charge in [0, 0.05) is 5.69 Å². The van der Waals surface area contributed by atoms with E-state index in [4.69, 9.17) is 0 Å². The highest BCUT2D eigenvalue weighted by Gasteiger charge is 2.05. The van der Waals surface area contributed by atoms with Crippen LogP contribution in [0.4, 0.5) is 16.4 Å². The summed E-state index contributed by atoms with van der Waals surface area (Å²) in [6.45, 7) is 3.75. The molecule has 0 bridgehead atoms. The summed E-state index contributed by atoms with van der Waals surface area (Å²) in [6, 6.07) is 7.14. The third kappa shape index (κ3) is 3.04. The predicted molar refractivity (Wildman–Crippen MR) is 64.9 cm³/mol. The van der Waals surface area contributed by atoms with Crippen LogP contribution in [0.1, 0.15) is 11.4 Å². The van der Waals surface area contributed by atoms with Crippen LogP contribution in [0, 0.1) is 13.8 Å². The van der Waals surface area contributed by atoms with Crippen molar-refractivity contribution in [1.82, 2.24) is 15.2 Å². The van der Waals surface area contributed by atoms with Crippen molar-refractivity contribution in [1.29, 1.82) is 0 Å². The molecule has 1 aromatic carbocycles. The smallest absolute Gasteiger partial charge is 0.308 e. The fourth-order valence-electron chi connectivity index (χ4n) is 1.30. The van der Waals surface area contributed by atoms with Crippen molar-refractivity contribution in [3.8, 4) is 0 Å². The van der Waals surface area contributed by atoms with E-state index in [1.54, 1.807) is 6.92 Å². The van der Waals surface area contributed by atoms with Crippen LogP contribution in [-0.2, 0) is 0 Å². The third-order valence-electron chi connectivity index (χ3n) is 2.13. The molecule has 2 aromatic rings. The van der Waals surface area contributed by atoms with Crippen molar-refractivity contribution < 1.29 is 4.79 Å². The summed E-state index contributed by atoms with van der Waals surface area (Å²) in [5, 5.41) is 11.7. The standard InChI is InChI=1S/C11H13N5O/c1-7-3-5-9(6-4-7)13-11(17)14-10-12-8(2)15-16-10/h3-6H,1-2H3,(H3,12,13,14,15,16,17). The van der Waals surface area contributed by atoms with Crippen LogP contribution in [0.15, 0.2) is 24.3 Å². The first kappa shape index (κ1) is 11.1. The molecule has 0 saturated carbocycles. The Labute approximate surface area is 98.5 Å². The normalized spacial score (nSPS) is 10.0. The van der Waals surface area contributed by atoms with E-state index in [0.29, 0.717) is 5.82 Å². The second-order valence-corrected chi connectivity index (χ2v) is 3.69. The largest absolute Gasteiger partial charge is 0.326 e. The van der Waals surface area contributed by atoms with E-state index in [-0.39, 0.29) is 12.0 Å². The Hall–Kier alpha value is -2.37. The number of amides is 2. The number of rotatable bonds is 2. The number of nitrogens with one attached hydrogen (secondary N) is 3. The van der Waals surface area contributed by atoms with Crippen molar-refractivity contribution in [3.05, 3.63) is 35.7 Å². The molecule has 2 amide bonds. The number of hydrogen-bond donors (Lipinski definition) is 3. The lowest BCUT2D eigenvalue weighted by molar-refractivity contribution is 0.262. The topological polar surface area (TPSA) is 82.7 Å². The number of aryl methyl sites for hydroxylation is 2. The zero-order valence-electron chi connectivity index (χ0n) is 9.61. The van der Waals surface area contributed by atoms with Crippen molar-refractivity contribution in [2.45, 2.75) is 13.8 Å². The van der Waals surface area contributed by atoms with Crippen molar-refractivity contribution >= 4 is 17.7 Å². The Morgan fingerprint density at radius 2 is 1.88 bits per heavy atom. The quantitative estimate of drug-likeness (QED) is 0.739. The van der Waals surface area contributed by atoms with Gasteiger partial charge in [0.2, 0.25) is 5.95 Å². The van der Waals surface area contributed by atoms with Gasteiger partial charge in [-0.1, -0.05) is 17.7 Å². The van der Waals surface area contributed by atoms with Crippen LogP contribution in [0.2, 0.25) is 0 Å². The Morgan fingerprint density at radius 1 is 1.18 bits per heavy atom. The monoisotopic (exact) mass is 231 g/mol. The summed E-state index contributed by atoms with van der Waals surface area (Å²) in [5.41, 5.74) is 1.86. The zero-order valence-corrected chi connectivity index (χ0v) is 9.61. The minimum absolute atomic E-state index is 0.257. The fraction of sp³-hybridized carbons (Fsp3) is 0.182. The highest BCUT2D eigenvalue weighted by atomic mass is 16.2. The van der Waals surface area contributed by atoms with Crippen LogP contribution in [-0.4, -0.2) is 21.2 Å². The zero-order chi connectivity index (χ0) is 12.3. The molecule has 0 aliphatic rings. The van der Waals surface area contributed by atoms with Crippen LogP contribution >= 0.6 is 0 Å². The lowest BCUT2D eigenvalue weighted by atomic mass is 10.2. The highest BCUT2D eigenvalue weighted by molar-refractivity contribution is 5.98. The van der Waals surface area contributed by atoms with Gasteiger partial charge in [0.1, 0.15) is 5.82 Å². The van der Waals surface area contributed by atoms with Gasteiger partial charge in [0.25, 0.3) is 0 Å². The first-order chi connectivity index (χ1) is 8.13. The predicted octanol–water partition coefficient (Wildman–Crippen LogP) is 2.07. The Kier molecular flexibility index (Phi) is 3.04. The maximum absolute atomic E-state index is 11.6. The van der Waals surface area contributed by atoms with E-state index in [9.17, 15) is 4.79 Å². The number of anilines is 2. The van der Waals surface area contributed by atoms with E-state index >= 15 is 0 Å². The first-order valence-corrected chi connectivity index (χ1v) is 5.17. The third-order valence-corrected chi connectivity index (χ3v) is 2.13. The molecule has 0 aliphatic heterocycles. The molecule has 0 spiro atoms. The number of H-pyrrole nitrogens is 1. The summed E-state index contributed by atoms with van der Waals surface area (Å²) in [5.74, 6) is 0.905. The summed E-state index contributed by atoms with van der Waals surface area (Å²) in [4.78, 5) is 15.5. The number of urea groups is 1. The summed E-state index contributed by atoms with van der Waals surface area (Å²) in [6.07, 6.45) is 0. The minimum atomic E-state index is -0.368. The second-order valence-electron chi connectivity index (χ2n) is 3.69. The van der Waals surface area contributed by atoms with Crippen molar-refractivity contribution in [3.63, 3.8) is 0 Å². The molecule has 0 unspecified atom stereocenters. The second kappa shape index (κ2) is 4.65. The molecule has 0 fully saturated rings. The number of nitrogens with zero attached hydrogens (tertiary/aromatic N) is 2. The Bertz CT molecular complexity index is 517. The van der Waals surface area contributed by atoms with E-state index in [1.807, 2.05) is 31.2 Å². The van der Waals surface area contributed by atoms with Gasteiger partial charge in [-0.3, -0.25) is 10.4 Å². The van der Waals surface area contributed by atoms with E-state index in [2.05, 4.69) is 25.8 Å². The summed E-state index contributed by atoms with van der Waals surface area (Å²) >= 11 is 0. The molecule has 3 N–H and O–H groups in total. The molecule has 0 radical (unpaired) electrons. The molecule has 0 saturated heterocycles. The molecule has 0 atom stereocenters. The average Bonchev–Trinajstić information content (AvgIpc) is 2.67. The maximum Gasteiger partial charge on any atom is 0.326 e. The van der Waals surface area contributed by atoms with Crippen molar-refractivity contribution in [2.75, 3.05) is 10.6 Å². The van der Waals surface area contributed by atoms with Crippen LogP contribution in [0.3, 0.4) is 0 Å². The highest BCUT2D eigenvalue weighted by Crippen LogP contribution is 2.08.